The molecule has 1 aromatic rings. The van der Waals surface area contributed by atoms with E-state index in [0.717, 1.165) is 17.6 Å². The van der Waals surface area contributed by atoms with E-state index in [2.05, 4.69) is 22.6 Å². The Morgan fingerprint density at radius 1 is 1.20 bits per heavy atom. The molecule has 1 heterocycles. The second-order valence-corrected chi connectivity index (χ2v) is 6.15. The highest BCUT2D eigenvalue weighted by molar-refractivity contribution is 14.1. The van der Waals surface area contributed by atoms with Gasteiger partial charge in [0, 0.05) is 13.4 Å². The fourth-order valence-corrected chi connectivity index (χ4v) is 4.50. The van der Waals surface area contributed by atoms with Gasteiger partial charge in [0.15, 0.2) is 0 Å². The Bertz CT molecular complexity index is 521. The molecule has 1 aliphatic rings. The van der Waals surface area contributed by atoms with Gasteiger partial charge in [0.1, 0.15) is 17.7 Å². The zero-order valence-corrected chi connectivity index (χ0v) is 11.1. The first kappa shape index (κ1) is 10.9. The third-order valence-corrected chi connectivity index (χ3v) is 5.63. The molecule has 0 atom stereocenters. The van der Waals surface area contributed by atoms with E-state index in [4.69, 9.17) is 10.5 Å². The summed E-state index contributed by atoms with van der Waals surface area (Å²) in [6.45, 7) is 0. The summed E-state index contributed by atoms with van der Waals surface area (Å²) < 4.78 is 1.95. The Hall–Kier alpha value is -0.630. The van der Waals surface area contributed by atoms with Crippen LogP contribution in [0.4, 0.5) is 0 Å². The third-order valence-electron chi connectivity index (χ3n) is 1.76. The first-order valence-corrected chi connectivity index (χ1v) is 6.66. The Morgan fingerprint density at radius 2 is 1.93 bits per heavy atom. The molecule has 2 nitrogen and oxygen atoms in total. The fraction of sp³-hybridized carbons (Fsp3) is 0. The normalized spacial score (nSPS) is 12.9. The molecule has 0 bridgehead atoms. The van der Waals surface area contributed by atoms with Crippen molar-refractivity contribution in [1.82, 2.24) is 0 Å². The van der Waals surface area contributed by atoms with E-state index in [1.807, 2.05) is 30.3 Å². The van der Waals surface area contributed by atoms with Crippen molar-refractivity contribution in [2.24, 2.45) is 0 Å². The number of halogens is 1. The Kier molecular flexibility index (Phi) is 3.25. The highest BCUT2D eigenvalue weighted by Gasteiger charge is 2.22. The molecule has 5 heteroatoms. The summed E-state index contributed by atoms with van der Waals surface area (Å²) in [7, 11) is 0. The van der Waals surface area contributed by atoms with Gasteiger partial charge in [-0.15, -0.1) is 0 Å². The van der Waals surface area contributed by atoms with E-state index in [0.29, 0.717) is 0 Å². The minimum atomic E-state index is 0.206. The van der Waals surface area contributed by atoms with Gasteiger partial charge in [-0.3, -0.25) is 0 Å². The zero-order chi connectivity index (χ0) is 10.8. The lowest BCUT2D eigenvalue weighted by atomic mass is 10.4. The van der Waals surface area contributed by atoms with Crippen molar-refractivity contribution in [1.29, 1.82) is 10.5 Å². The maximum absolute atomic E-state index is 8.78. The topological polar surface area (TPSA) is 47.6 Å². The molecule has 0 amide bonds. The van der Waals surface area contributed by atoms with E-state index in [9.17, 15) is 0 Å². The summed E-state index contributed by atoms with van der Waals surface area (Å²) in [5, 5.41) is 17.6. The molecule has 0 unspecified atom stereocenters. The summed E-state index contributed by atoms with van der Waals surface area (Å²) >= 11 is 5.27. The summed E-state index contributed by atoms with van der Waals surface area (Å²) in [5.74, 6) is 0. The standard InChI is InChI=1S/C10H3IN2S2/c11-7-2-1-3-8-9(7)15-10(14-8)6(4-12)5-13/h1-3H. The first-order chi connectivity index (χ1) is 7.26. The predicted octanol–water partition coefficient (Wildman–Crippen LogP) is 3.75. The van der Waals surface area contributed by atoms with Gasteiger partial charge in [-0.25, -0.2) is 0 Å². The van der Waals surface area contributed by atoms with Crippen molar-refractivity contribution in [2.45, 2.75) is 9.79 Å². The van der Waals surface area contributed by atoms with E-state index in [1.165, 1.54) is 23.5 Å². The van der Waals surface area contributed by atoms with Crippen molar-refractivity contribution in [2.75, 3.05) is 0 Å². The van der Waals surface area contributed by atoms with E-state index in [-0.39, 0.29) is 5.57 Å². The second kappa shape index (κ2) is 4.48. The highest BCUT2D eigenvalue weighted by Crippen LogP contribution is 2.53. The molecular weight excluding hydrogens is 339 g/mol. The van der Waals surface area contributed by atoms with Crippen LogP contribution in [0.25, 0.3) is 0 Å². The number of hydrogen-bond acceptors (Lipinski definition) is 4. The molecule has 0 N–H and O–H groups in total. The van der Waals surface area contributed by atoms with Crippen molar-refractivity contribution in [3.63, 3.8) is 0 Å². The molecule has 0 fully saturated rings. The van der Waals surface area contributed by atoms with Crippen LogP contribution < -0.4 is 0 Å². The number of nitriles is 2. The first-order valence-electron chi connectivity index (χ1n) is 3.95. The van der Waals surface area contributed by atoms with Gasteiger partial charge in [0.05, 0.1) is 4.24 Å². The van der Waals surface area contributed by atoms with Gasteiger partial charge in [0.2, 0.25) is 0 Å². The monoisotopic (exact) mass is 342 g/mol. The third kappa shape index (κ3) is 2.00. The molecule has 0 spiro atoms. The number of rotatable bonds is 0. The highest BCUT2D eigenvalue weighted by atomic mass is 127. The van der Waals surface area contributed by atoms with Crippen LogP contribution in [0.15, 0.2) is 37.8 Å². The molecule has 1 aromatic carbocycles. The Balaban J connectivity index is 2.48. The predicted molar refractivity (Wildman–Crippen MR) is 69.1 cm³/mol. The molecule has 0 aliphatic carbocycles. The molecule has 72 valence electrons. The second-order valence-electron chi connectivity index (χ2n) is 2.66. The quantitative estimate of drug-likeness (QED) is 0.532. The van der Waals surface area contributed by atoms with Crippen LogP contribution in [0.3, 0.4) is 0 Å². The molecule has 2 rings (SSSR count). The average Bonchev–Trinajstić information content (AvgIpc) is 2.65. The number of fused-ring (bicyclic) bond motifs is 1. The van der Waals surface area contributed by atoms with Gasteiger partial charge >= 0.3 is 0 Å². The molecule has 0 saturated carbocycles. The molecule has 0 radical (unpaired) electrons. The van der Waals surface area contributed by atoms with E-state index < -0.39 is 0 Å². The largest absolute Gasteiger partial charge is 0.192 e. The average molecular weight is 342 g/mol. The van der Waals surface area contributed by atoms with Crippen molar-refractivity contribution in [3.05, 3.63) is 31.6 Å². The number of thioether (sulfide) groups is 2. The minimum Gasteiger partial charge on any atom is -0.192 e. The maximum atomic E-state index is 8.78. The van der Waals surface area contributed by atoms with Crippen LogP contribution in [0, 0.1) is 26.2 Å². The molecule has 15 heavy (non-hydrogen) atoms. The van der Waals surface area contributed by atoms with Crippen LogP contribution >= 0.6 is 46.1 Å². The lowest BCUT2D eigenvalue weighted by Gasteiger charge is -1.96. The van der Waals surface area contributed by atoms with Gasteiger partial charge in [0.25, 0.3) is 0 Å². The van der Waals surface area contributed by atoms with Crippen LogP contribution in [-0.4, -0.2) is 0 Å². The smallest absolute Gasteiger partial charge is 0.150 e. The SMILES string of the molecule is N#CC(C#N)=C1Sc2cccc(I)c2S1. The zero-order valence-electron chi connectivity index (χ0n) is 7.32. The molecule has 0 saturated heterocycles. The Labute approximate surface area is 109 Å². The summed E-state index contributed by atoms with van der Waals surface area (Å²) in [4.78, 5) is 2.28. The Morgan fingerprint density at radius 3 is 2.53 bits per heavy atom. The van der Waals surface area contributed by atoms with E-state index in [1.54, 1.807) is 0 Å². The fourth-order valence-electron chi connectivity index (χ4n) is 1.10. The summed E-state index contributed by atoms with van der Waals surface area (Å²) in [5.41, 5.74) is 0.206. The van der Waals surface area contributed by atoms with Crippen molar-refractivity contribution >= 4 is 46.1 Å². The van der Waals surface area contributed by atoms with Gasteiger partial charge in [-0.05, 0) is 34.7 Å². The molecule has 0 aromatic heterocycles. The maximum Gasteiger partial charge on any atom is 0.150 e. The molecule has 1 aliphatic heterocycles. The number of hydrogen-bond donors (Lipinski definition) is 0. The summed E-state index contributed by atoms with van der Waals surface area (Å²) in [6, 6.07) is 9.86. The van der Waals surface area contributed by atoms with Gasteiger partial charge in [-0.1, -0.05) is 29.6 Å². The van der Waals surface area contributed by atoms with E-state index >= 15 is 0 Å². The van der Waals surface area contributed by atoms with Gasteiger partial charge in [-0.2, -0.15) is 10.5 Å². The minimum absolute atomic E-state index is 0.206. The summed E-state index contributed by atoms with van der Waals surface area (Å²) in [6.07, 6.45) is 0. The number of allylic oxidation sites excluding steroid dienone is 1. The lowest BCUT2D eigenvalue weighted by molar-refractivity contribution is 1.23. The van der Waals surface area contributed by atoms with Crippen LogP contribution in [-0.2, 0) is 0 Å². The van der Waals surface area contributed by atoms with Crippen LogP contribution in [0.1, 0.15) is 0 Å². The van der Waals surface area contributed by atoms with Gasteiger partial charge < -0.3 is 0 Å². The van der Waals surface area contributed by atoms with Crippen molar-refractivity contribution < 1.29 is 0 Å². The van der Waals surface area contributed by atoms with Crippen molar-refractivity contribution in [3.8, 4) is 12.1 Å². The number of benzene rings is 1. The van der Waals surface area contributed by atoms with Crippen LogP contribution in [0.5, 0.6) is 0 Å². The molecular formula is C10H3IN2S2. The number of nitrogens with zero attached hydrogens (tertiary/aromatic N) is 2. The van der Waals surface area contributed by atoms with Crippen LogP contribution in [0.2, 0.25) is 0 Å². The lowest BCUT2D eigenvalue weighted by Crippen LogP contribution is -1.75.